The Morgan fingerprint density at radius 1 is 1.67 bits per heavy atom. The van der Waals surface area contributed by atoms with Crippen molar-refractivity contribution in [3.05, 3.63) is 23.8 Å². The van der Waals surface area contributed by atoms with Gasteiger partial charge in [0, 0.05) is 0 Å². The molecule has 0 spiro atoms. The molecular formula is C10H10N2O3. The molecule has 0 amide bonds. The number of hydrogen-bond donors (Lipinski definition) is 3. The lowest BCUT2D eigenvalue weighted by molar-refractivity contribution is 0.0697. The standard InChI is InChI=1S/C10H10N2O3/c1-2-5-15-7-3-4-9(12-11)8(6-7)10(13)14/h1,3-4,6,12H,5,11H2,(H,13,14). The molecule has 0 aliphatic rings. The molecule has 5 heteroatoms. The first-order chi connectivity index (χ1) is 7.19. The van der Waals surface area contributed by atoms with Gasteiger partial charge < -0.3 is 15.3 Å². The fourth-order valence-electron chi connectivity index (χ4n) is 1.04. The number of hydrazine groups is 1. The van der Waals surface area contributed by atoms with Gasteiger partial charge in [-0.05, 0) is 18.2 Å². The summed E-state index contributed by atoms with van der Waals surface area (Å²) >= 11 is 0. The van der Waals surface area contributed by atoms with Crippen LogP contribution in [0.2, 0.25) is 0 Å². The summed E-state index contributed by atoms with van der Waals surface area (Å²) < 4.78 is 5.08. The SMILES string of the molecule is C#CCOc1ccc(NN)c(C(=O)O)c1. The summed E-state index contributed by atoms with van der Waals surface area (Å²) in [7, 11) is 0. The Morgan fingerprint density at radius 2 is 2.40 bits per heavy atom. The van der Waals surface area contributed by atoms with Crippen molar-refractivity contribution in [2.75, 3.05) is 12.0 Å². The fourth-order valence-corrected chi connectivity index (χ4v) is 1.04. The molecule has 0 aliphatic heterocycles. The van der Waals surface area contributed by atoms with E-state index in [1.807, 2.05) is 0 Å². The van der Waals surface area contributed by atoms with Gasteiger partial charge in [-0.3, -0.25) is 5.84 Å². The van der Waals surface area contributed by atoms with Crippen molar-refractivity contribution in [2.24, 2.45) is 5.84 Å². The Morgan fingerprint density at radius 3 is 2.93 bits per heavy atom. The molecule has 4 N–H and O–H groups in total. The zero-order valence-electron chi connectivity index (χ0n) is 7.86. The van der Waals surface area contributed by atoms with E-state index in [9.17, 15) is 4.79 Å². The Labute approximate surface area is 86.8 Å². The second-order valence-electron chi connectivity index (χ2n) is 2.65. The van der Waals surface area contributed by atoms with Crippen LogP contribution in [0.3, 0.4) is 0 Å². The van der Waals surface area contributed by atoms with E-state index in [1.54, 1.807) is 6.07 Å². The molecule has 1 rings (SSSR count). The van der Waals surface area contributed by atoms with E-state index in [-0.39, 0.29) is 12.2 Å². The summed E-state index contributed by atoms with van der Waals surface area (Å²) in [5, 5.41) is 8.86. The third-order valence-corrected chi connectivity index (χ3v) is 1.70. The van der Waals surface area contributed by atoms with Crippen LogP contribution in [0.4, 0.5) is 5.69 Å². The molecule has 0 saturated carbocycles. The van der Waals surface area contributed by atoms with Crippen LogP contribution in [-0.2, 0) is 0 Å². The topological polar surface area (TPSA) is 84.6 Å². The highest BCUT2D eigenvalue weighted by molar-refractivity contribution is 5.94. The monoisotopic (exact) mass is 206 g/mol. The molecule has 0 fully saturated rings. The first kappa shape index (κ1) is 10.9. The van der Waals surface area contributed by atoms with E-state index in [1.165, 1.54) is 12.1 Å². The van der Waals surface area contributed by atoms with Gasteiger partial charge in [-0.2, -0.15) is 0 Å². The number of terminal acetylenes is 1. The van der Waals surface area contributed by atoms with Gasteiger partial charge in [0.05, 0.1) is 11.3 Å². The summed E-state index contributed by atoms with van der Waals surface area (Å²) in [6, 6.07) is 4.45. The third kappa shape index (κ3) is 2.62. The van der Waals surface area contributed by atoms with Crippen molar-refractivity contribution in [3.63, 3.8) is 0 Å². The lowest BCUT2D eigenvalue weighted by atomic mass is 10.1. The van der Waals surface area contributed by atoms with E-state index in [2.05, 4.69) is 11.3 Å². The van der Waals surface area contributed by atoms with Crippen LogP contribution in [0.25, 0.3) is 0 Å². The van der Waals surface area contributed by atoms with Gasteiger partial charge in [-0.15, -0.1) is 6.42 Å². The number of rotatable bonds is 4. The first-order valence-corrected chi connectivity index (χ1v) is 4.09. The minimum absolute atomic E-state index is 0.0343. The van der Waals surface area contributed by atoms with Gasteiger partial charge in [0.15, 0.2) is 0 Å². The Bertz CT molecular complexity index is 410. The van der Waals surface area contributed by atoms with Crippen LogP contribution in [0.15, 0.2) is 18.2 Å². The quantitative estimate of drug-likeness (QED) is 0.383. The normalized spacial score (nSPS) is 9.07. The summed E-state index contributed by atoms with van der Waals surface area (Å²) in [5.74, 6) is 6.74. The lowest BCUT2D eigenvalue weighted by Gasteiger charge is -2.07. The molecule has 0 heterocycles. The molecule has 0 radical (unpaired) electrons. The van der Waals surface area contributed by atoms with Gasteiger partial charge in [-0.25, -0.2) is 4.79 Å². The van der Waals surface area contributed by atoms with Crippen molar-refractivity contribution in [1.82, 2.24) is 0 Å². The maximum absolute atomic E-state index is 10.8. The zero-order chi connectivity index (χ0) is 11.3. The van der Waals surface area contributed by atoms with Crippen LogP contribution in [0.5, 0.6) is 5.75 Å². The molecule has 15 heavy (non-hydrogen) atoms. The van der Waals surface area contributed by atoms with E-state index in [0.29, 0.717) is 11.4 Å². The second-order valence-corrected chi connectivity index (χ2v) is 2.65. The molecular weight excluding hydrogens is 196 g/mol. The number of carboxylic acids is 1. The van der Waals surface area contributed by atoms with Gasteiger partial charge in [0.25, 0.3) is 0 Å². The molecule has 0 bridgehead atoms. The van der Waals surface area contributed by atoms with Crippen LogP contribution in [0.1, 0.15) is 10.4 Å². The molecule has 0 aliphatic carbocycles. The molecule has 0 aromatic heterocycles. The van der Waals surface area contributed by atoms with E-state index >= 15 is 0 Å². The molecule has 5 nitrogen and oxygen atoms in total. The molecule has 0 atom stereocenters. The zero-order valence-corrected chi connectivity index (χ0v) is 7.86. The van der Waals surface area contributed by atoms with Crippen molar-refractivity contribution >= 4 is 11.7 Å². The Balaban J connectivity index is 3.00. The largest absolute Gasteiger partial charge is 0.481 e. The van der Waals surface area contributed by atoms with E-state index < -0.39 is 5.97 Å². The number of nitrogen functional groups attached to an aromatic ring is 1. The molecule has 0 saturated heterocycles. The number of aromatic carboxylic acids is 1. The predicted octanol–water partition coefficient (Wildman–Crippen LogP) is 0.682. The van der Waals surface area contributed by atoms with Gasteiger partial charge in [0.2, 0.25) is 0 Å². The average molecular weight is 206 g/mol. The lowest BCUT2D eigenvalue weighted by Crippen LogP contribution is -2.12. The fraction of sp³-hybridized carbons (Fsp3) is 0.100. The van der Waals surface area contributed by atoms with Crippen LogP contribution < -0.4 is 16.0 Å². The van der Waals surface area contributed by atoms with Gasteiger partial charge in [0.1, 0.15) is 12.4 Å². The first-order valence-electron chi connectivity index (χ1n) is 4.09. The van der Waals surface area contributed by atoms with Gasteiger partial charge >= 0.3 is 5.97 Å². The molecule has 78 valence electrons. The second kappa shape index (κ2) is 4.88. The summed E-state index contributed by atoms with van der Waals surface area (Å²) in [6.45, 7) is 0.0917. The highest BCUT2D eigenvalue weighted by Gasteiger charge is 2.10. The maximum Gasteiger partial charge on any atom is 0.337 e. The third-order valence-electron chi connectivity index (χ3n) is 1.70. The van der Waals surface area contributed by atoms with Crippen LogP contribution >= 0.6 is 0 Å². The predicted molar refractivity (Wildman–Crippen MR) is 55.5 cm³/mol. The molecule has 0 unspecified atom stereocenters. The summed E-state index contributed by atoms with van der Waals surface area (Å²) in [5.41, 5.74) is 2.63. The van der Waals surface area contributed by atoms with Crippen molar-refractivity contribution in [3.8, 4) is 18.1 Å². The number of nitrogens with one attached hydrogen (secondary N) is 1. The van der Waals surface area contributed by atoms with E-state index in [0.717, 1.165) is 0 Å². The van der Waals surface area contributed by atoms with Crippen LogP contribution in [0, 0.1) is 12.3 Å². The van der Waals surface area contributed by atoms with Crippen LogP contribution in [-0.4, -0.2) is 17.7 Å². The average Bonchev–Trinajstić information content (AvgIpc) is 2.25. The number of hydrogen-bond acceptors (Lipinski definition) is 4. The number of benzene rings is 1. The minimum atomic E-state index is -1.09. The number of carboxylic acid groups (broad SMARTS) is 1. The summed E-state index contributed by atoms with van der Waals surface area (Å²) in [4.78, 5) is 10.8. The highest BCUT2D eigenvalue weighted by Crippen LogP contribution is 2.21. The van der Waals surface area contributed by atoms with Crippen molar-refractivity contribution in [2.45, 2.75) is 0 Å². The Hall–Kier alpha value is -2.19. The number of ether oxygens (including phenoxy) is 1. The Kier molecular flexibility index (Phi) is 3.55. The molecule has 1 aromatic carbocycles. The molecule has 1 aromatic rings. The van der Waals surface area contributed by atoms with Crippen molar-refractivity contribution in [1.29, 1.82) is 0 Å². The highest BCUT2D eigenvalue weighted by atomic mass is 16.5. The number of anilines is 1. The number of carbonyl (C=O) groups is 1. The summed E-state index contributed by atoms with van der Waals surface area (Å²) in [6.07, 6.45) is 5.01. The van der Waals surface area contributed by atoms with Gasteiger partial charge in [-0.1, -0.05) is 5.92 Å². The number of nitrogens with two attached hydrogens (primary N) is 1. The van der Waals surface area contributed by atoms with E-state index in [4.69, 9.17) is 22.1 Å². The minimum Gasteiger partial charge on any atom is -0.481 e. The maximum atomic E-state index is 10.8. The van der Waals surface area contributed by atoms with Crippen molar-refractivity contribution < 1.29 is 14.6 Å². The smallest absolute Gasteiger partial charge is 0.337 e.